The van der Waals surface area contributed by atoms with E-state index >= 15 is 0 Å². The number of unbranched alkanes of at least 4 members (excludes halogenated alkanes) is 1. The van der Waals surface area contributed by atoms with Gasteiger partial charge in [-0.3, -0.25) is 42.5 Å². The van der Waals surface area contributed by atoms with Crippen LogP contribution in [0.1, 0.15) is 122 Å². The maximum absolute atomic E-state index is 7.95. The molecular formula is C36H67N9OV. The third-order valence-electron chi connectivity index (χ3n) is 14.4. The minimum Gasteiger partial charge on any atom is -0.317 e. The Hall–Kier alpha value is 0.184. The van der Waals surface area contributed by atoms with Gasteiger partial charge in [0.2, 0.25) is 0 Å². The third kappa shape index (κ3) is 7.29. The molecule has 8 atom stereocenters. The van der Waals surface area contributed by atoms with Crippen molar-refractivity contribution in [3.05, 3.63) is 0 Å². The molecule has 47 heavy (non-hydrogen) atoms. The first-order valence-corrected chi connectivity index (χ1v) is 20.2. The van der Waals surface area contributed by atoms with Gasteiger partial charge < -0.3 is 5.21 Å². The molecule has 4 saturated carbocycles. The minimum atomic E-state index is 0. The molecule has 9 fully saturated rings. The van der Waals surface area contributed by atoms with Crippen LogP contribution in [-0.4, -0.2) is 61.1 Å². The number of fused-ring (bicyclic) bond motifs is 20. The van der Waals surface area contributed by atoms with E-state index < -0.39 is 0 Å². The summed E-state index contributed by atoms with van der Waals surface area (Å²) in [4.78, 5) is 0. The Morgan fingerprint density at radius 1 is 0.404 bits per heavy atom. The van der Waals surface area contributed by atoms with Crippen LogP contribution >= 0.6 is 0 Å². The Bertz CT molecular complexity index is 784. The second-order valence-corrected chi connectivity index (χ2v) is 16.9. The molecule has 5 heterocycles. The SMILES string of the molecule is C1CCC2C3NC(NC4NC(NC5NC(NC6NC(N3)C3CCCCC63)C3CCCCC53)C3CCCCC43)C2C1.CCCCNO.[V]. The molecule has 10 N–H and O–H groups in total. The average Bonchev–Trinajstić information content (AvgIpc) is 3.83. The summed E-state index contributed by atoms with van der Waals surface area (Å²) in [6, 6.07) is 0. The van der Waals surface area contributed by atoms with E-state index in [-0.39, 0.29) is 18.6 Å². The molecule has 10 nitrogen and oxygen atoms in total. The molecule has 0 spiro atoms. The smallest absolute Gasteiger partial charge is 0.0628 e. The van der Waals surface area contributed by atoms with Crippen LogP contribution in [0, 0.1) is 47.3 Å². The predicted octanol–water partition coefficient (Wildman–Crippen LogP) is 3.37. The average molecular weight is 693 g/mol. The van der Waals surface area contributed by atoms with Gasteiger partial charge in [0.1, 0.15) is 0 Å². The summed E-state index contributed by atoms with van der Waals surface area (Å²) in [6.07, 6.45) is 27.8. The normalized spacial score (nSPS) is 50.2. The Morgan fingerprint density at radius 2 is 0.596 bits per heavy atom. The van der Waals surface area contributed by atoms with Crippen molar-refractivity contribution < 1.29 is 23.8 Å². The maximum Gasteiger partial charge on any atom is 0.0628 e. The van der Waals surface area contributed by atoms with Crippen molar-refractivity contribution in [3.63, 3.8) is 0 Å². The van der Waals surface area contributed by atoms with Crippen LogP contribution in [0.3, 0.4) is 0 Å². The molecule has 8 bridgehead atoms. The molecule has 11 heteroatoms. The van der Waals surface area contributed by atoms with Gasteiger partial charge in [0.25, 0.3) is 0 Å². The van der Waals surface area contributed by atoms with Crippen molar-refractivity contribution in [1.29, 1.82) is 0 Å². The van der Waals surface area contributed by atoms with E-state index in [1.807, 2.05) is 0 Å². The van der Waals surface area contributed by atoms with E-state index in [0.717, 1.165) is 66.7 Å². The molecule has 267 valence electrons. The van der Waals surface area contributed by atoms with E-state index in [2.05, 4.69) is 54.9 Å². The molecule has 1 radical (unpaired) electrons. The van der Waals surface area contributed by atoms with Crippen LogP contribution in [0.5, 0.6) is 0 Å². The van der Waals surface area contributed by atoms with E-state index in [0.29, 0.717) is 49.3 Å². The standard InChI is InChI=1S/C32H56N8.C4H11NO.V/c1-2-10-18-17(9-1)25-33-26(18)38-28-21-13-5-6-14-22(21)30(35-28)40-32-24-16-8-7-15-23(24)31(36-32)39-29-20-12-4-3-11-19(20)27(34-29)37-25;1-2-3-4-5-6;/h17-40H,1-16H2;5-6H,2-4H2,1H3;. The van der Waals surface area contributed by atoms with E-state index in [1.165, 1.54) is 103 Å². The number of hydroxylamine groups is 1. The second kappa shape index (κ2) is 16.2. The fourth-order valence-corrected chi connectivity index (χ4v) is 12.2. The van der Waals surface area contributed by atoms with Crippen LogP contribution in [0.15, 0.2) is 0 Å². The van der Waals surface area contributed by atoms with Crippen molar-refractivity contribution in [1.82, 2.24) is 48.0 Å². The summed E-state index contributed by atoms with van der Waals surface area (Å²) in [5, 5.41) is 41.7. The van der Waals surface area contributed by atoms with E-state index in [1.54, 1.807) is 0 Å². The van der Waals surface area contributed by atoms with Crippen LogP contribution in [0.2, 0.25) is 0 Å². The fraction of sp³-hybridized carbons (Fsp3) is 1.00. The Labute approximate surface area is 296 Å². The first-order valence-electron chi connectivity index (χ1n) is 20.2. The molecule has 0 amide bonds. The van der Waals surface area contributed by atoms with Gasteiger partial charge in [-0.15, -0.1) is 0 Å². The molecule has 8 unspecified atom stereocenters. The van der Waals surface area contributed by atoms with Crippen molar-refractivity contribution in [2.75, 3.05) is 6.54 Å². The first kappa shape index (κ1) is 35.6. The van der Waals surface area contributed by atoms with Crippen LogP contribution < -0.4 is 48.0 Å². The van der Waals surface area contributed by atoms with E-state index in [9.17, 15) is 0 Å². The van der Waals surface area contributed by atoms with Crippen molar-refractivity contribution in [2.24, 2.45) is 47.3 Å². The van der Waals surface area contributed by atoms with Crippen LogP contribution in [-0.2, 0) is 18.6 Å². The predicted molar refractivity (Wildman–Crippen MR) is 182 cm³/mol. The number of hydrogen-bond donors (Lipinski definition) is 10. The monoisotopic (exact) mass is 692 g/mol. The summed E-state index contributed by atoms with van der Waals surface area (Å²) in [7, 11) is 0. The molecule has 9 rings (SSSR count). The van der Waals surface area contributed by atoms with Crippen molar-refractivity contribution in [3.8, 4) is 0 Å². The zero-order chi connectivity index (χ0) is 31.0. The van der Waals surface area contributed by atoms with Crippen molar-refractivity contribution in [2.45, 2.75) is 172 Å². The number of rotatable bonds is 3. The molecule has 0 aromatic rings. The van der Waals surface area contributed by atoms with E-state index in [4.69, 9.17) is 5.21 Å². The van der Waals surface area contributed by atoms with Crippen LogP contribution in [0.25, 0.3) is 0 Å². The minimum absolute atomic E-state index is 0. The molecule has 0 aromatic heterocycles. The molecule has 5 saturated heterocycles. The molecule has 9 aliphatic rings. The Balaban J connectivity index is 0.000000462. The van der Waals surface area contributed by atoms with Crippen molar-refractivity contribution >= 4 is 0 Å². The van der Waals surface area contributed by atoms with Crippen LogP contribution in [0.4, 0.5) is 0 Å². The summed E-state index contributed by atoms with van der Waals surface area (Å²) >= 11 is 0. The largest absolute Gasteiger partial charge is 0.317 e. The molecule has 5 aliphatic heterocycles. The maximum atomic E-state index is 7.95. The quantitative estimate of drug-likeness (QED) is 0.159. The Morgan fingerprint density at radius 3 is 0.723 bits per heavy atom. The van der Waals surface area contributed by atoms with Gasteiger partial charge in [0.15, 0.2) is 0 Å². The zero-order valence-corrected chi connectivity index (χ0v) is 30.5. The Kier molecular flexibility index (Phi) is 12.3. The summed E-state index contributed by atoms with van der Waals surface area (Å²) < 4.78 is 0. The van der Waals surface area contributed by atoms with Gasteiger partial charge in [0, 0.05) is 25.1 Å². The first-order chi connectivity index (χ1) is 22.7. The second-order valence-electron chi connectivity index (χ2n) is 16.9. The van der Waals surface area contributed by atoms with Gasteiger partial charge in [-0.2, -0.15) is 0 Å². The van der Waals surface area contributed by atoms with Gasteiger partial charge in [0.05, 0.1) is 49.3 Å². The summed E-state index contributed by atoms with van der Waals surface area (Å²) in [6.45, 7) is 2.80. The topological polar surface area (TPSA) is 128 Å². The third-order valence-corrected chi connectivity index (χ3v) is 14.4. The van der Waals surface area contributed by atoms with Gasteiger partial charge in [-0.25, -0.2) is 5.48 Å². The molecular weight excluding hydrogens is 625 g/mol. The van der Waals surface area contributed by atoms with Gasteiger partial charge in [-0.1, -0.05) is 64.7 Å². The molecule has 0 aromatic carbocycles. The fourth-order valence-electron chi connectivity index (χ4n) is 12.2. The zero-order valence-electron chi connectivity index (χ0n) is 29.1. The summed E-state index contributed by atoms with van der Waals surface area (Å²) in [5.41, 5.74) is 2.07. The number of nitrogens with one attached hydrogen (secondary N) is 9. The van der Waals surface area contributed by atoms with Gasteiger partial charge >= 0.3 is 0 Å². The molecule has 4 aliphatic carbocycles. The van der Waals surface area contributed by atoms with Gasteiger partial charge in [-0.05, 0) is 105 Å². The number of hydrogen-bond acceptors (Lipinski definition) is 10. The summed E-state index contributed by atoms with van der Waals surface area (Å²) in [5.74, 6) is 5.97.